The quantitative estimate of drug-likeness (QED) is 0.258. The number of aliphatic hydroxyl groups is 1. The fourth-order valence-electron chi connectivity index (χ4n) is 3.81. The molecule has 6 fully saturated rings. The lowest BCUT2D eigenvalue weighted by Crippen LogP contribution is -2.15. The number of halogens is 3. The summed E-state index contributed by atoms with van der Waals surface area (Å²) in [6.45, 7) is 2.37. The van der Waals surface area contributed by atoms with E-state index in [1.807, 2.05) is 0 Å². The number of cyclic esters (lactones) is 1. The Morgan fingerprint density at radius 1 is 0.960 bits per heavy atom. The zero-order valence-electron chi connectivity index (χ0n) is 13.6. The second-order valence-electron chi connectivity index (χ2n) is 7.30. The molecule has 25 heavy (non-hydrogen) atoms. The predicted octanol–water partition coefficient (Wildman–Crippen LogP) is 2.02. The molecule has 3 heterocycles. The lowest BCUT2D eigenvalue weighted by Gasteiger charge is -2.09. The topological polar surface area (TPSA) is 74.2 Å². The second kappa shape index (κ2) is 7.73. The Labute approximate surface area is 187 Å². The van der Waals surface area contributed by atoms with Crippen LogP contribution in [-0.2, 0) is 23.7 Å². The summed E-state index contributed by atoms with van der Waals surface area (Å²) >= 11 is 7.15. The molecule has 0 aromatic carbocycles. The maximum atomic E-state index is 10.6. The number of carbonyl (C=O) groups excluding carboxylic acids is 1. The van der Waals surface area contributed by atoms with Crippen LogP contribution in [0.4, 0.5) is 0 Å². The lowest BCUT2D eigenvalue weighted by molar-refractivity contribution is -0.140. The standard InChI is InChI=1S/C6H9IO2.C5H7IO2.C5H5IO2/c1-8-6-4-3(2-9-6)5(4)7;2*6-4-2-1-8-5(7)3(2)4/h3-6H,2H2,1H3;2-5,7H,1H2;2-4H,1H2/t3-,4+,5-,6-;2-,3+,4-,5-;2-,3+,4-/m000/s1. The summed E-state index contributed by atoms with van der Waals surface area (Å²) in [5.74, 6) is 3.51. The normalized spacial score (nSPS) is 55.6. The van der Waals surface area contributed by atoms with E-state index in [0.29, 0.717) is 38.1 Å². The highest BCUT2D eigenvalue weighted by atomic mass is 127. The van der Waals surface area contributed by atoms with Gasteiger partial charge in [-0.2, -0.15) is 0 Å². The molecule has 1 N–H and O–H groups in total. The molecule has 142 valence electrons. The number of fused-ring (bicyclic) bond motifs is 3. The van der Waals surface area contributed by atoms with Gasteiger partial charge in [-0.15, -0.1) is 0 Å². The average molecular weight is 690 g/mol. The molecule has 0 spiro atoms. The highest BCUT2D eigenvalue weighted by molar-refractivity contribution is 14.1. The molecule has 0 aromatic heterocycles. The molecule has 9 heteroatoms. The summed E-state index contributed by atoms with van der Waals surface area (Å²) in [4.78, 5) is 10.6. The predicted molar refractivity (Wildman–Crippen MR) is 114 cm³/mol. The van der Waals surface area contributed by atoms with Gasteiger partial charge in [0.05, 0.1) is 25.7 Å². The molecule has 3 aliphatic heterocycles. The molecular weight excluding hydrogens is 669 g/mol. The SMILES string of the molecule is CO[C@H]1OC[C@@H]2[C@H](I)[C@H]12.O=C1OC[C@@H]2[C@H](I)[C@H]12.O[C@H]1OC[C@@H]2[C@H](I)[C@@H]21. The highest BCUT2D eigenvalue weighted by Gasteiger charge is 2.60. The first-order valence-electron chi connectivity index (χ1n) is 8.48. The zero-order chi connectivity index (χ0) is 17.9. The third-order valence-electron chi connectivity index (χ3n) is 5.81. The summed E-state index contributed by atoms with van der Waals surface area (Å²) in [6, 6.07) is 0. The van der Waals surface area contributed by atoms with Crippen LogP contribution >= 0.6 is 67.8 Å². The first-order valence-corrected chi connectivity index (χ1v) is 12.2. The monoisotopic (exact) mass is 690 g/mol. The molecule has 11 atom stereocenters. The van der Waals surface area contributed by atoms with E-state index < -0.39 is 6.29 Å². The number of ether oxygens (including phenoxy) is 4. The van der Waals surface area contributed by atoms with Crippen molar-refractivity contribution in [3.8, 4) is 0 Å². The molecule has 0 bridgehead atoms. The van der Waals surface area contributed by atoms with Gasteiger partial charge in [0.1, 0.15) is 0 Å². The first-order chi connectivity index (χ1) is 12.0. The fourth-order valence-corrected chi connectivity index (χ4v) is 7.71. The summed E-state index contributed by atoms with van der Waals surface area (Å²) < 4.78 is 22.2. The van der Waals surface area contributed by atoms with E-state index in [0.717, 1.165) is 23.1 Å². The molecule has 0 amide bonds. The average Bonchev–Trinajstić information content (AvgIpc) is 3.38. The van der Waals surface area contributed by atoms with Gasteiger partial charge in [-0.1, -0.05) is 67.8 Å². The van der Waals surface area contributed by atoms with Crippen LogP contribution in [0.5, 0.6) is 0 Å². The van der Waals surface area contributed by atoms with Crippen molar-refractivity contribution in [2.24, 2.45) is 35.5 Å². The molecule has 0 aromatic rings. The Morgan fingerprint density at radius 2 is 1.60 bits per heavy atom. The van der Waals surface area contributed by atoms with E-state index in [9.17, 15) is 4.79 Å². The molecular formula is C16H21I3O6. The van der Waals surface area contributed by atoms with Crippen LogP contribution < -0.4 is 0 Å². The summed E-state index contributed by atoms with van der Waals surface area (Å²) in [5.41, 5.74) is 0. The van der Waals surface area contributed by atoms with Crippen LogP contribution in [-0.4, -0.2) is 62.4 Å². The highest BCUT2D eigenvalue weighted by Crippen LogP contribution is 2.54. The Morgan fingerprint density at radius 3 is 1.88 bits per heavy atom. The summed E-state index contributed by atoms with van der Waals surface area (Å²) in [6.07, 6.45) is -0.334. The molecule has 3 saturated heterocycles. The summed E-state index contributed by atoms with van der Waals surface area (Å²) in [7, 11) is 1.72. The molecule has 0 unspecified atom stereocenters. The van der Waals surface area contributed by atoms with Crippen molar-refractivity contribution >= 4 is 73.7 Å². The molecule has 6 aliphatic rings. The van der Waals surface area contributed by atoms with E-state index in [2.05, 4.69) is 67.8 Å². The largest absolute Gasteiger partial charge is 0.465 e. The number of hydrogen-bond donors (Lipinski definition) is 1. The molecule has 6 nitrogen and oxygen atoms in total. The Hall–Kier alpha value is 1.50. The van der Waals surface area contributed by atoms with Gasteiger partial charge < -0.3 is 24.1 Å². The third-order valence-corrected chi connectivity index (χ3v) is 11.0. The van der Waals surface area contributed by atoms with Crippen LogP contribution in [0, 0.1) is 35.5 Å². The number of alkyl halides is 3. The number of hydrogen-bond acceptors (Lipinski definition) is 6. The minimum Gasteiger partial charge on any atom is -0.465 e. The van der Waals surface area contributed by atoms with Crippen molar-refractivity contribution in [1.29, 1.82) is 0 Å². The van der Waals surface area contributed by atoms with Gasteiger partial charge in [0.15, 0.2) is 12.6 Å². The molecule has 0 radical (unpaired) electrons. The van der Waals surface area contributed by atoms with Crippen LogP contribution in [0.2, 0.25) is 0 Å². The summed E-state index contributed by atoms with van der Waals surface area (Å²) in [5, 5.41) is 8.98. The fraction of sp³-hybridized carbons (Fsp3) is 0.938. The maximum absolute atomic E-state index is 10.6. The van der Waals surface area contributed by atoms with Crippen LogP contribution in [0.15, 0.2) is 0 Å². The third kappa shape index (κ3) is 3.85. The van der Waals surface area contributed by atoms with Gasteiger partial charge in [-0.3, -0.25) is 4.79 Å². The van der Waals surface area contributed by atoms with Gasteiger partial charge in [-0.25, -0.2) is 0 Å². The van der Waals surface area contributed by atoms with E-state index in [4.69, 9.17) is 24.1 Å². The smallest absolute Gasteiger partial charge is 0.310 e. The van der Waals surface area contributed by atoms with E-state index in [1.165, 1.54) is 0 Å². The number of methoxy groups -OCH3 is 1. The molecule has 3 aliphatic carbocycles. The second-order valence-corrected chi connectivity index (χ2v) is 11.6. The van der Waals surface area contributed by atoms with Crippen molar-refractivity contribution in [2.75, 3.05) is 26.9 Å². The van der Waals surface area contributed by atoms with E-state index in [-0.39, 0.29) is 18.2 Å². The van der Waals surface area contributed by atoms with Gasteiger partial charge in [0.25, 0.3) is 0 Å². The van der Waals surface area contributed by atoms with Crippen molar-refractivity contribution < 1.29 is 28.8 Å². The minimum atomic E-state index is -0.443. The van der Waals surface area contributed by atoms with Crippen LogP contribution in [0.25, 0.3) is 0 Å². The van der Waals surface area contributed by atoms with E-state index in [1.54, 1.807) is 7.11 Å². The number of aliphatic hydroxyl groups excluding tert-OH is 1. The van der Waals surface area contributed by atoms with Gasteiger partial charge in [-0.05, 0) is 0 Å². The number of carbonyl (C=O) groups is 1. The van der Waals surface area contributed by atoms with Crippen LogP contribution in [0.3, 0.4) is 0 Å². The zero-order valence-corrected chi connectivity index (χ0v) is 20.1. The Balaban J connectivity index is 0.0000000943. The number of esters is 1. The van der Waals surface area contributed by atoms with Crippen LogP contribution in [0.1, 0.15) is 0 Å². The first kappa shape index (κ1) is 19.8. The molecule has 6 rings (SSSR count). The number of rotatable bonds is 1. The Kier molecular flexibility index (Phi) is 6.12. The Bertz CT molecular complexity index is 534. The molecule has 3 saturated carbocycles. The van der Waals surface area contributed by atoms with Gasteiger partial charge in [0, 0.05) is 48.5 Å². The van der Waals surface area contributed by atoms with Gasteiger partial charge >= 0.3 is 5.97 Å². The van der Waals surface area contributed by atoms with Crippen molar-refractivity contribution in [1.82, 2.24) is 0 Å². The van der Waals surface area contributed by atoms with E-state index >= 15 is 0 Å². The maximum Gasteiger partial charge on any atom is 0.310 e. The van der Waals surface area contributed by atoms with Gasteiger partial charge in [0.2, 0.25) is 0 Å². The lowest BCUT2D eigenvalue weighted by atomic mass is 10.4. The van der Waals surface area contributed by atoms with Crippen molar-refractivity contribution in [3.63, 3.8) is 0 Å². The van der Waals surface area contributed by atoms with Crippen molar-refractivity contribution in [2.45, 2.75) is 24.4 Å². The van der Waals surface area contributed by atoms with Crippen molar-refractivity contribution in [3.05, 3.63) is 0 Å². The minimum absolute atomic E-state index is 0.0226.